The lowest BCUT2D eigenvalue weighted by Gasteiger charge is -2.20. The van der Waals surface area contributed by atoms with E-state index in [0.717, 1.165) is 5.82 Å². The van der Waals surface area contributed by atoms with Gasteiger partial charge in [-0.1, -0.05) is 17.7 Å². The summed E-state index contributed by atoms with van der Waals surface area (Å²) in [5.74, 6) is 0.553. The lowest BCUT2D eigenvalue weighted by molar-refractivity contribution is 0.267. The first-order valence-electron chi connectivity index (χ1n) is 9.82. The summed E-state index contributed by atoms with van der Waals surface area (Å²) in [6.45, 7) is -0.150. The number of rotatable bonds is 7. The number of nitrogens with one attached hydrogen (secondary N) is 1. The minimum Gasteiger partial charge on any atom is -0.396 e. The molecule has 1 aromatic carbocycles. The lowest BCUT2D eigenvalue weighted by Crippen LogP contribution is -2.25. The van der Waals surface area contributed by atoms with Crippen LogP contribution in [0.25, 0.3) is 11.3 Å². The number of aryl methyl sites for hydroxylation is 1. The SMILES string of the molecule is Cn1nccc1Nc1nccc(-c2ccn([C@H](CCO)c3ccc(F)c(Cl)c3)c(=O)c2)n1. The molecule has 0 radical (unpaired) electrons. The van der Waals surface area contributed by atoms with E-state index in [1.807, 2.05) is 0 Å². The smallest absolute Gasteiger partial charge is 0.251 e. The van der Waals surface area contributed by atoms with Crippen molar-refractivity contribution in [2.75, 3.05) is 11.9 Å². The van der Waals surface area contributed by atoms with Gasteiger partial charge in [-0.05, 0) is 36.2 Å². The third-order valence-electron chi connectivity index (χ3n) is 5.03. The Bertz CT molecular complexity index is 1310. The summed E-state index contributed by atoms with van der Waals surface area (Å²) in [5, 5.41) is 16.6. The van der Waals surface area contributed by atoms with Gasteiger partial charge in [0, 0.05) is 43.7 Å². The van der Waals surface area contributed by atoms with Crippen molar-refractivity contribution in [2.45, 2.75) is 12.5 Å². The summed E-state index contributed by atoms with van der Waals surface area (Å²) >= 11 is 5.92. The van der Waals surface area contributed by atoms with Crippen molar-refractivity contribution in [1.82, 2.24) is 24.3 Å². The molecule has 0 aliphatic rings. The van der Waals surface area contributed by atoms with E-state index in [9.17, 15) is 14.3 Å². The number of aliphatic hydroxyl groups is 1. The van der Waals surface area contributed by atoms with Gasteiger partial charge in [0.2, 0.25) is 5.95 Å². The summed E-state index contributed by atoms with van der Waals surface area (Å²) in [6.07, 6.45) is 5.16. The van der Waals surface area contributed by atoms with Crippen LogP contribution in [0, 0.1) is 5.82 Å². The Morgan fingerprint density at radius 3 is 2.72 bits per heavy atom. The van der Waals surface area contributed by atoms with Gasteiger partial charge in [-0.25, -0.2) is 14.4 Å². The molecule has 0 spiro atoms. The lowest BCUT2D eigenvalue weighted by atomic mass is 10.0. The number of aromatic nitrogens is 5. The summed E-state index contributed by atoms with van der Waals surface area (Å²) in [7, 11) is 1.79. The maximum Gasteiger partial charge on any atom is 0.251 e. The highest BCUT2D eigenvalue weighted by molar-refractivity contribution is 6.30. The van der Waals surface area contributed by atoms with Crippen molar-refractivity contribution in [3.63, 3.8) is 0 Å². The minimum atomic E-state index is -0.542. The molecular weight excluding hydrogens is 435 g/mol. The van der Waals surface area contributed by atoms with Crippen LogP contribution in [-0.2, 0) is 7.05 Å². The number of pyridine rings is 1. The normalized spacial score (nSPS) is 12.0. The number of aliphatic hydroxyl groups excluding tert-OH is 1. The zero-order valence-corrected chi connectivity index (χ0v) is 17.9. The van der Waals surface area contributed by atoms with E-state index in [0.29, 0.717) is 22.8 Å². The number of anilines is 2. The van der Waals surface area contributed by atoms with Crippen LogP contribution in [0.4, 0.5) is 16.2 Å². The Morgan fingerprint density at radius 2 is 2.03 bits per heavy atom. The summed E-state index contributed by atoms with van der Waals surface area (Å²) in [4.78, 5) is 21.6. The third kappa shape index (κ3) is 4.53. The Labute approximate surface area is 188 Å². The van der Waals surface area contributed by atoms with Crippen LogP contribution in [0.5, 0.6) is 0 Å². The van der Waals surface area contributed by atoms with Crippen LogP contribution in [0.3, 0.4) is 0 Å². The molecule has 32 heavy (non-hydrogen) atoms. The zero-order valence-electron chi connectivity index (χ0n) is 17.1. The maximum absolute atomic E-state index is 13.6. The second-order valence-electron chi connectivity index (χ2n) is 7.09. The number of halogens is 2. The fraction of sp³-hybridized carbons (Fsp3) is 0.182. The summed E-state index contributed by atoms with van der Waals surface area (Å²) in [5.41, 5.74) is 1.52. The predicted molar refractivity (Wildman–Crippen MR) is 119 cm³/mol. The van der Waals surface area contributed by atoms with E-state index >= 15 is 0 Å². The largest absolute Gasteiger partial charge is 0.396 e. The van der Waals surface area contributed by atoms with Crippen LogP contribution in [0.15, 0.2) is 65.8 Å². The van der Waals surface area contributed by atoms with Crippen molar-refractivity contribution >= 4 is 23.4 Å². The average Bonchev–Trinajstić information content (AvgIpc) is 3.19. The van der Waals surface area contributed by atoms with Crippen LogP contribution < -0.4 is 10.9 Å². The molecule has 0 bridgehead atoms. The minimum absolute atomic E-state index is 0.0375. The fourth-order valence-corrected chi connectivity index (χ4v) is 3.59. The van der Waals surface area contributed by atoms with E-state index in [-0.39, 0.29) is 23.6 Å². The molecule has 3 aromatic heterocycles. The fourth-order valence-electron chi connectivity index (χ4n) is 3.41. The number of hydrogen-bond donors (Lipinski definition) is 2. The van der Waals surface area contributed by atoms with E-state index in [1.54, 1.807) is 54.6 Å². The molecule has 0 saturated heterocycles. The van der Waals surface area contributed by atoms with Crippen molar-refractivity contribution in [1.29, 1.82) is 0 Å². The van der Waals surface area contributed by atoms with Gasteiger partial charge in [0.25, 0.3) is 5.56 Å². The number of nitrogens with zero attached hydrogens (tertiary/aromatic N) is 5. The van der Waals surface area contributed by atoms with Gasteiger partial charge >= 0.3 is 0 Å². The van der Waals surface area contributed by atoms with E-state index in [2.05, 4.69) is 20.4 Å². The van der Waals surface area contributed by atoms with Gasteiger partial charge in [-0.15, -0.1) is 0 Å². The van der Waals surface area contributed by atoms with Gasteiger partial charge in [-0.2, -0.15) is 5.10 Å². The van der Waals surface area contributed by atoms with Gasteiger partial charge < -0.3 is 15.0 Å². The van der Waals surface area contributed by atoms with Crippen LogP contribution in [0.2, 0.25) is 5.02 Å². The molecule has 10 heteroatoms. The monoisotopic (exact) mass is 454 g/mol. The van der Waals surface area contributed by atoms with E-state index < -0.39 is 11.9 Å². The van der Waals surface area contributed by atoms with Gasteiger partial charge in [0.05, 0.1) is 23.0 Å². The Balaban J connectivity index is 1.65. The van der Waals surface area contributed by atoms with Crippen LogP contribution in [0.1, 0.15) is 18.0 Å². The molecule has 3 heterocycles. The average molecular weight is 455 g/mol. The molecule has 0 aliphatic heterocycles. The van der Waals surface area contributed by atoms with Crippen molar-refractivity contribution in [3.05, 3.63) is 87.8 Å². The van der Waals surface area contributed by atoms with Gasteiger partial charge in [0.1, 0.15) is 11.6 Å². The zero-order chi connectivity index (χ0) is 22.7. The molecule has 0 aliphatic carbocycles. The van der Waals surface area contributed by atoms with Crippen LogP contribution in [-0.4, -0.2) is 36.0 Å². The number of benzene rings is 1. The second-order valence-corrected chi connectivity index (χ2v) is 7.50. The molecule has 164 valence electrons. The Morgan fingerprint density at radius 1 is 1.19 bits per heavy atom. The Kier molecular flexibility index (Phi) is 6.29. The first-order valence-corrected chi connectivity index (χ1v) is 10.2. The highest BCUT2D eigenvalue weighted by Crippen LogP contribution is 2.26. The molecule has 0 unspecified atom stereocenters. The van der Waals surface area contributed by atoms with Crippen molar-refractivity contribution in [2.24, 2.45) is 7.05 Å². The quantitative estimate of drug-likeness (QED) is 0.443. The molecule has 4 rings (SSSR count). The standard InChI is InChI=1S/C22H20ClFN6O2/c1-29-20(5-9-26-29)28-22-25-8-4-18(27-22)14-6-10-30(21(32)13-14)19(7-11-31)15-2-3-17(24)16(23)12-15/h2-6,8-10,12-13,19,31H,7,11H2,1H3,(H,25,27,28)/t19-/m1/s1. The molecule has 0 saturated carbocycles. The first kappa shape index (κ1) is 21.7. The Hall–Kier alpha value is -3.56. The third-order valence-corrected chi connectivity index (χ3v) is 5.32. The second kappa shape index (κ2) is 9.29. The molecule has 8 nitrogen and oxygen atoms in total. The van der Waals surface area contributed by atoms with E-state index in [4.69, 9.17) is 11.6 Å². The number of hydrogen-bond acceptors (Lipinski definition) is 6. The molecule has 0 fully saturated rings. The van der Waals surface area contributed by atoms with E-state index in [1.165, 1.54) is 22.8 Å². The predicted octanol–water partition coefficient (Wildman–Crippen LogP) is 3.55. The van der Waals surface area contributed by atoms with Gasteiger partial charge in [0.15, 0.2) is 0 Å². The maximum atomic E-state index is 13.6. The first-order chi connectivity index (χ1) is 15.5. The topological polar surface area (TPSA) is 97.9 Å². The van der Waals surface area contributed by atoms with Gasteiger partial charge in [-0.3, -0.25) is 9.48 Å². The summed E-state index contributed by atoms with van der Waals surface area (Å²) in [6, 6.07) is 10.5. The van der Waals surface area contributed by atoms with Crippen molar-refractivity contribution in [3.8, 4) is 11.3 Å². The molecule has 2 N–H and O–H groups in total. The highest BCUT2D eigenvalue weighted by Gasteiger charge is 2.17. The summed E-state index contributed by atoms with van der Waals surface area (Å²) < 4.78 is 16.7. The highest BCUT2D eigenvalue weighted by atomic mass is 35.5. The molecular formula is C22H20ClFN6O2. The van der Waals surface area contributed by atoms with Crippen LogP contribution >= 0.6 is 11.6 Å². The van der Waals surface area contributed by atoms with Crippen molar-refractivity contribution < 1.29 is 9.50 Å². The molecule has 0 amide bonds. The molecule has 4 aromatic rings. The molecule has 1 atom stereocenters.